The predicted molar refractivity (Wildman–Crippen MR) is 111 cm³/mol. The summed E-state index contributed by atoms with van der Waals surface area (Å²) in [6.45, 7) is 4.58. The highest BCUT2D eigenvalue weighted by atomic mass is 35.5. The standard InChI is InChI=1S/C21H25ClFN5O/c1-21(2)10-17(3-4-18(21)29)27-19-14(11-24)12-26-20(28-19)25-6-5-13-7-15(22)9-16(23)8-13/h7-9,12,17-18,29H,3-6,10H2,1-2H3,(H2,25,26,27,28)/t17-,18+/m1/s1. The lowest BCUT2D eigenvalue weighted by molar-refractivity contribution is 0.00926. The van der Waals surface area contributed by atoms with Crippen LogP contribution in [-0.4, -0.2) is 33.8 Å². The van der Waals surface area contributed by atoms with Gasteiger partial charge in [0.05, 0.1) is 12.3 Å². The summed E-state index contributed by atoms with van der Waals surface area (Å²) in [6, 6.07) is 6.67. The summed E-state index contributed by atoms with van der Waals surface area (Å²) >= 11 is 5.88. The lowest BCUT2D eigenvalue weighted by Crippen LogP contribution is -2.41. The van der Waals surface area contributed by atoms with Crippen molar-refractivity contribution in [3.63, 3.8) is 0 Å². The van der Waals surface area contributed by atoms with Crippen molar-refractivity contribution in [2.24, 2.45) is 5.41 Å². The van der Waals surface area contributed by atoms with Gasteiger partial charge in [0.25, 0.3) is 0 Å². The number of nitriles is 1. The molecule has 29 heavy (non-hydrogen) atoms. The maximum atomic E-state index is 13.4. The van der Waals surface area contributed by atoms with Gasteiger partial charge in [-0.05, 0) is 54.9 Å². The smallest absolute Gasteiger partial charge is 0.224 e. The number of benzene rings is 1. The number of aromatic nitrogens is 2. The Hall–Kier alpha value is -2.43. The largest absolute Gasteiger partial charge is 0.393 e. The first-order valence-corrected chi connectivity index (χ1v) is 10.1. The minimum Gasteiger partial charge on any atom is -0.393 e. The van der Waals surface area contributed by atoms with Crippen LogP contribution >= 0.6 is 11.6 Å². The van der Waals surface area contributed by atoms with Crippen molar-refractivity contribution in [2.75, 3.05) is 17.2 Å². The molecule has 1 saturated carbocycles. The number of nitrogens with one attached hydrogen (secondary N) is 2. The average molecular weight is 418 g/mol. The van der Waals surface area contributed by atoms with Crippen LogP contribution in [0.25, 0.3) is 0 Å². The summed E-state index contributed by atoms with van der Waals surface area (Å²) in [5.41, 5.74) is 0.956. The van der Waals surface area contributed by atoms with E-state index in [1.807, 2.05) is 13.8 Å². The van der Waals surface area contributed by atoms with Crippen molar-refractivity contribution in [3.8, 4) is 6.07 Å². The third-order valence-corrected chi connectivity index (χ3v) is 5.55. The highest BCUT2D eigenvalue weighted by Gasteiger charge is 2.35. The number of aliphatic hydroxyl groups excluding tert-OH is 1. The molecule has 2 atom stereocenters. The Morgan fingerprint density at radius 1 is 1.34 bits per heavy atom. The van der Waals surface area contributed by atoms with Crippen LogP contribution in [0.15, 0.2) is 24.4 Å². The zero-order chi connectivity index (χ0) is 21.0. The molecular formula is C21H25ClFN5O. The zero-order valence-electron chi connectivity index (χ0n) is 16.5. The molecule has 3 N–H and O–H groups in total. The summed E-state index contributed by atoms with van der Waals surface area (Å²) in [4.78, 5) is 8.64. The lowest BCUT2D eigenvalue weighted by Gasteiger charge is -2.40. The van der Waals surface area contributed by atoms with Gasteiger partial charge in [-0.15, -0.1) is 0 Å². The Labute approximate surface area is 175 Å². The first-order chi connectivity index (χ1) is 13.8. The molecule has 8 heteroatoms. The lowest BCUT2D eigenvalue weighted by atomic mass is 9.73. The quantitative estimate of drug-likeness (QED) is 0.653. The van der Waals surface area contributed by atoms with Crippen LogP contribution < -0.4 is 10.6 Å². The fourth-order valence-corrected chi connectivity index (χ4v) is 3.92. The number of rotatable bonds is 6. The summed E-state index contributed by atoms with van der Waals surface area (Å²) in [5, 5.41) is 26.3. The number of anilines is 2. The van der Waals surface area contributed by atoms with Gasteiger partial charge in [-0.1, -0.05) is 25.4 Å². The predicted octanol–water partition coefficient (Wildman–Crippen LogP) is 4.15. The van der Waals surface area contributed by atoms with E-state index in [-0.39, 0.29) is 23.4 Å². The Morgan fingerprint density at radius 2 is 2.14 bits per heavy atom. The number of nitrogens with zero attached hydrogens (tertiary/aromatic N) is 3. The van der Waals surface area contributed by atoms with Gasteiger partial charge < -0.3 is 15.7 Å². The first kappa shape index (κ1) is 21.3. The Morgan fingerprint density at radius 3 is 2.83 bits per heavy atom. The fraction of sp³-hybridized carbons (Fsp3) is 0.476. The number of halogens is 2. The SMILES string of the molecule is CC1(C)C[C@H](Nc2nc(NCCc3cc(F)cc(Cl)c3)ncc2C#N)CC[C@@H]1O. The topological polar surface area (TPSA) is 93.9 Å². The van der Waals surface area contributed by atoms with E-state index in [2.05, 4.69) is 26.7 Å². The molecule has 6 nitrogen and oxygen atoms in total. The molecule has 0 saturated heterocycles. The molecule has 1 aliphatic carbocycles. The number of aliphatic hydroxyl groups is 1. The molecule has 0 bridgehead atoms. The molecule has 0 spiro atoms. The molecule has 1 aliphatic rings. The van der Waals surface area contributed by atoms with E-state index in [4.69, 9.17) is 11.6 Å². The average Bonchev–Trinajstić information content (AvgIpc) is 2.64. The van der Waals surface area contributed by atoms with Gasteiger partial charge in [0.2, 0.25) is 5.95 Å². The van der Waals surface area contributed by atoms with Gasteiger partial charge in [-0.25, -0.2) is 9.37 Å². The van der Waals surface area contributed by atoms with Gasteiger partial charge in [-0.2, -0.15) is 10.2 Å². The zero-order valence-corrected chi connectivity index (χ0v) is 17.3. The molecule has 1 aromatic carbocycles. The van der Waals surface area contributed by atoms with E-state index in [1.165, 1.54) is 18.3 Å². The summed E-state index contributed by atoms with van der Waals surface area (Å²) in [5.74, 6) is 0.509. The second kappa shape index (κ2) is 8.93. The van der Waals surface area contributed by atoms with Gasteiger partial charge in [0, 0.05) is 17.6 Å². The fourth-order valence-electron chi connectivity index (χ4n) is 3.67. The monoisotopic (exact) mass is 417 g/mol. The van der Waals surface area contributed by atoms with Crippen molar-refractivity contribution in [1.29, 1.82) is 5.26 Å². The van der Waals surface area contributed by atoms with Gasteiger partial charge in [-0.3, -0.25) is 0 Å². The van der Waals surface area contributed by atoms with Crippen molar-refractivity contribution in [2.45, 2.75) is 51.7 Å². The van der Waals surface area contributed by atoms with E-state index in [0.29, 0.717) is 41.7 Å². The third-order valence-electron chi connectivity index (χ3n) is 5.33. The molecule has 3 rings (SSSR count). The molecule has 1 aromatic heterocycles. The van der Waals surface area contributed by atoms with Crippen LogP contribution in [0.4, 0.5) is 16.2 Å². The molecule has 1 fully saturated rings. The van der Waals surface area contributed by atoms with Crippen LogP contribution in [0.5, 0.6) is 0 Å². The normalized spacial score (nSPS) is 20.7. The van der Waals surface area contributed by atoms with Crippen LogP contribution in [0.3, 0.4) is 0 Å². The summed E-state index contributed by atoms with van der Waals surface area (Å²) in [7, 11) is 0. The minimum absolute atomic E-state index is 0.123. The molecule has 2 aromatic rings. The van der Waals surface area contributed by atoms with Crippen molar-refractivity contribution in [3.05, 3.63) is 46.4 Å². The van der Waals surface area contributed by atoms with Gasteiger partial charge in [0.1, 0.15) is 23.3 Å². The van der Waals surface area contributed by atoms with E-state index in [1.54, 1.807) is 6.07 Å². The van der Waals surface area contributed by atoms with E-state index in [9.17, 15) is 14.8 Å². The second-order valence-electron chi connectivity index (χ2n) is 8.15. The molecule has 154 valence electrons. The molecule has 0 unspecified atom stereocenters. The van der Waals surface area contributed by atoms with Crippen LogP contribution in [0, 0.1) is 22.6 Å². The molecule has 0 aliphatic heterocycles. The second-order valence-corrected chi connectivity index (χ2v) is 8.59. The van der Waals surface area contributed by atoms with Crippen LogP contribution in [-0.2, 0) is 6.42 Å². The first-order valence-electron chi connectivity index (χ1n) is 9.67. The van der Waals surface area contributed by atoms with Crippen molar-refractivity contribution in [1.82, 2.24) is 9.97 Å². The molecule has 0 amide bonds. The minimum atomic E-state index is -0.367. The summed E-state index contributed by atoms with van der Waals surface area (Å²) < 4.78 is 13.4. The van der Waals surface area contributed by atoms with Crippen molar-refractivity contribution >= 4 is 23.4 Å². The summed E-state index contributed by atoms with van der Waals surface area (Å²) in [6.07, 6.45) is 4.01. The van der Waals surface area contributed by atoms with Crippen LogP contribution in [0.1, 0.15) is 44.2 Å². The highest BCUT2D eigenvalue weighted by Crippen LogP contribution is 2.36. The Bertz CT molecular complexity index is 894. The van der Waals surface area contributed by atoms with Crippen molar-refractivity contribution < 1.29 is 9.50 Å². The maximum Gasteiger partial charge on any atom is 0.224 e. The van der Waals surface area contributed by atoms with Gasteiger partial charge in [0.15, 0.2) is 0 Å². The Kier molecular flexibility index (Phi) is 6.56. The van der Waals surface area contributed by atoms with Crippen LogP contribution in [0.2, 0.25) is 5.02 Å². The molecular weight excluding hydrogens is 393 g/mol. The van der Waals surface area contributed by atoms with E-state index >= 15 is 0 Å². The number of hydrogen-bond donors (Lipinski definition) is 3. The Balaban J connectivity index is 1.65. The van der Waals surface area contributed by atoms with E-state index < -0.39 is 0 Å². The molecule has 1 heterocycles. The number of hydrogen-bond acceptors (Lipinski definition) is 6. The van der Waals surface area contributed by atoms with E-state index in [0.717, 1.165) is 18.4 Å². The van der Waals surface area contributed by atoms with Gasteiger partial charge >= 0.3 is 0 Å². The third kappa shape index (κ3) is 5.55. The highest BCUT2D eigenvalue weighted by molar-refractivity contribution is 6.30. The maximum absolute atomic E-state index is 13.4. The molecule has 0 radical (unpaired) electrons.